The third kappa shape index (κ3) is 5.05. The summed E-state index contributed by atoms with van der Waals surface area (Å²) in [6.45, 7) is 7.49. The minimum Gasteiger partial charge on any atom is -0.462 e. The predicted octanol–water partition coefficient (Wildman–Crippen LogP) is 2.16. The first-order chi connectivity index (χ1) is 8.83. The summed E-state index contributed by atoms with van der Waals surface area (Å²) in [6.07, 6.45) is 0. The van der Waals surface area contributed by atoms with Gasteiger partial charge in [-0.1, -0.05) is 6.07 Å². The summed E-state index contributed by atoms with van der Waals surface area (Å²) < 4.78 is 4.55. The smallest absolute Gasteiger partial charge is 0.293 e. The lowest BCUT2D eigenvalue weighted by atomic mass is 10.1. The van der Waals surface area contributed by atoms with Crippen LogP contribution in [-0.2, 0) is 22.6 Å². The van der Waals surface area contributed by atoms with Gasteiger partial charge in [0.15, 0.2) is 0 Å². The second-order valence-corrected chi connectivity index (χ2v) is 5.14. The molecule has 19 heavy (non-hydrogen) atoms. The molecule has 0 atom stereocenters. The van der Waals surface area contributed by atoms with E-state index in [9.17, 15) is 14.9 Å². The van der Waals surface area contributed by atoms with Crippen LogP contribution in [0.25, 0.3) is 0 Å². The average molecular weight is 266 g/mol. The molecule has 0 bridgehead atoms. The van der Waals surface area contributed by atoms with Crippen molar-refractivity contribution in [3.63, 3.8) is 0 Å². The van der Waals surface area contributed by atoms with E-state index < -0.39 is 0 Å². The molecule has 0 saturated heterocycles. The molecule has 0 fully saturated rings. The van der Waals surface area contributed by atoms with Crippen LogP contribution in [0.1, 0.15) is 31.9 Å². The summed E-state index contributed by atoms with van der Waals surface area (Å²) >= 11 is 0. The Balaban J connectivity index is 0.000000224. The largest absolute Gasteiger partial charge is 0.462 e. The van der Waals surface area contributed by atoms with E-state index in [0.717, 1.165) is 18.7 Å². The highest BCUT2D eigenvalue weighted by Crippen LogP contribution is 2.20. The number of nitro groups is 1. The fourth-order valence-electron chi connectivity index (χ4n) is 1.54. The number of fused-ring (bicyclic) bond motifs is 1. The summed E-state index contributed by atoms with van der Waals surface area (Å²) in [5.74, 6) is 0. The predicted molar refractivity (Wildman–Crippen MR) is 70.5 cm³/mol. The first-order valence-corrected chi connectivity index (χ1v) is 5.92. The zero-order valence-electron chi connectivity index (χ0n) is 11.3. The molecule has 0 spiro atoms. The Hall–Kier alpha value is -1.95. The molecule has 0 aliphatic carbocycles. The highest BCUT2D eigenvalue weighted by Gasteiger charge is 2.13. The number of benzene rings is 1. The number of hydrogen-bond acceptors (Lipinski definition) is 5. The molecule has 1 aliphatic rings. The minimum atomic E-state index is -0.362. The molecule has 1 aliphatic heterocycles. The van der Waals surface area contributed by atoms with Gasteiger partial charge in [0, 0.05) is 25.2 Å². The van der Waals surface area contributed by atoms with Gasteiger partial charge in [-0.2, -0.15) is 0 Å². The summed E-state index contributed by atoms with van der Waals surface area (Å²) in [4.78, 5) is 19.6. The molecule has 6 nitrogen and oxygen atoms in total. The lowest BCUT2D eigenvalue weighted by Gasteiger charge is -2.14. The summed E-state index contributed by atoms with van der Waals surface area (Å²) in [7, 11) is 0. The number of ether oxygens (including phenoxy) is 1. The van der Waals surface area contributed by atoms with E-state index in [1.54, 1.807) is 12.1 Å². The Bertz CT molecular complexity index is 466. The molecular weight excluding hydrogens is 248 g/mol. The van der Waals surface area contributed by atoms with Crippen molar-refractivity contribution < 1.29 is 14.5 Å². The fraction of sp³-hybridized carbons (Fsp3) is 0.462. The van der Waals surface area contributed by atoms with Crippen LogP contribution in [-0.4, -0.2) is 17.0 Å². The van der Waals surface area contributed by atoms with Crippen LogP contribution in [0.5, 0.6) is 0 Å². The Morgan fingerprint density at radius 2 is 1.95 bits per heavy atom. The van der Waals surface area contributed by atoms with Crippen molar-refractivity contribution in [3.8, 4) is 0 Å². The molecule has 0 amide bonds. The Kier molecular flexibility index (Phi) is 5.00. The molecule has 104 valence electrons. The van der Waals surface area contributed by atoms with Gasteiger partial charge in [0.2, 0.25) is 0 Å². The number of nitrogens with zero attached hydrogens (tertiary/aromatic N) is 1. The number of nitro benzene ring substituents is 1. The normalized spacial score (nSPS) is 13.0. The molecular formula is C13H18N2O4. The molecule has 1 N–H and O–H groups in total. The molecule has 0 saturated carbocycles. The Morgan fingerprint density at radius 3 is 2.42 bits per heavy atom. The van der Waals surface area contributed by atoms with Crippen molar-refractivity contribution >= 4 is 12.2 Å². The molecule has 2 rings (SSSR count). The van der Waals surface area contributed by atoms with E-state index in [1.165, 1.54) is 5.56 Å². The highest BCUT2D eigenvalue weighted by atomic mass is 16.6. The number of carbonyl (C=O) groups excluding carboxylic acids is 1. The van der Waals surface area contributed by atoms with Crippen LogP contribution in [0.2, 0.25) is 0 Å². The molecule has 0 radical (unpaired) electrons. The molecule has 1 aromatic rings. The number of hydrogen-bond donors (Lipinski definition) is 1. The van der Waals surface area contributed by atoms with Crippen LogP contribution in [0.4, 0.5) is 5.69 Å². The van der Waals surface area contributed by atoms with Crippen molar-refractivity contribution in [3.05, 3.63) is 39.4 Å². The number of carbonyl (C=O) groups is 1. The number of nitrogens with one attached hydrogen (secondary N) is 1. The fourth-order valence-corrected chi connectivity index (χ4v) is 1.54. The van der Waals surface area contributed by atoms with Gasteiger partial charge in [-0.15, -0.1) is 0 Å². The van der Waals surface area contributed by atoms with Crippen molar-refractivity contribution in [2.45, 2.75) is 39.5 Å². The maximum atomic E-state index is 10.4. The molecule has 1 aromatic carbocycles. The van der Waals surface area contributed by atoms with Crippen molar-refractivity contribution in [2.75, 3.05) is 0 Å². The van der Waals surface area contributed by atoms with E-state index in [1.807, 2.05) is 26.8 Å². The van der Waals surface area contributed by atoms with Gasteiger partial charge in [-0.05, 0) is 31.9 Å². The van der Waals surface area contributed by atoms with E-state index in [-0.39, 0.29) is 16.2 Å². The van der Waals surface area contributed by atoms with Crippen LogP contribution in [0.15, 0.2) is 18.2 Å². The van der Waals surface area contributed by atoms with Crippen LogP contribution >= 0.6 is 0 Å². The van der Waals surface area contributed by atoms with E-state index >= 15 is 0 Å². The minimum absolute atomic E-state index is 0.178. The first kappa shape index (κ1) is 15.1. The lowest BCUT2D eigenvalue weighted by Crippen LogP contribution is -2.17. The second kappa shape index (κ2) is 6.29. The maximum absolute atomic E-state index is 10.4. The van der Waals surface area contributed by atoms with Crippen LogP contribution in [0, 0.1) is 10.1 Å². The van der Waals surface area contributed by atoms with Crippen LogP contribution in [0.3, 0.4) is 0 Å². The van der Waals surface area contributed by atoms with Crippen molar-refractivity contribution in [2.24, 2.45) is 0 Å². The third-order valence-corrected chi connectivity index (χ3v) is 2.43. The molecule has 0 aromatic heterocycles. The second-order valence-electron chi connectivity index (χ2n) is 5.14. The SMILES string of the molecule is CC(C)(C)OC=O.O=[N+]([O-])c1ccc2c(c1)CNC2. The third-order valence-electron chi connectivity index (χ3n) is 2.43. The van der Waals surface area contributed by atoms with E-state index in [4.69, 9.17) is 0 Å². The molecule has 0 unspecified atom stereocenters. The topological polar surface area (TPSA) is 81.5 Å². The van der Waals surface area contributed by atoms with Gasteiger partial charge in [-0.25, -0.2) is 0 Å². The Morgan fingerprint density at radius 1 is 1.32 bits per heavy atom. The van der Waals surface area contributed by atoms with E-state index in [2.05, 4.69) is 10.1 Å². The van der Waals surface area contributed by atoms with E-state index in [0.29, 0.717) is 6.47 Å². The standard InChI is InChI=1S/C8H8N2O2.C5H10O2/c11-10(12)8-2-1-6-4-9-5-7(6)3-8;1-5(2,3)7-4-6/h1-3,9H,4-5H2;4H,1-3H3. The highest BCUT2D eigenvalue weighted by molar-refractivity contribution is 5.41. The average Bonchev–Trinajstić information content (AvgIpc) is 2.74. The number of non-ortho nitro benzene ring substituents is 1. The van der Waals surface area contributed by atoms with Crippen LogP contribution < -0.4 is 5.32 Å². The van der Waals surface area contributed by atoms with Gasteiger partial charge in [0.05, 0.1) is 4.92 Å². The maximum Gasteiger partial charge on any atom is 0.293 e. The summed E-state index contributed by atoms with van der Waals surface area (Å²) in [5, 5.41) is 13.5. The van der Waals surface area contributed by atoms with Gasteiger partial charge in [0.1, 0.15) is 5.60 Å². The zero-order valence-corrected chi connectivity index (χ0v) is 11.3. The van der Waals surface area contributed by atoms with Crippen molar-refractivity contribution in [1.82, 2.24) is 5.32 Å². The van der Waals surface area contributed by atoms with Gasteiger partial charge in [-0.3, -0.25) is 14.9 Å². The quantitative estimate of drug-likeness (QED) is 0.504. The van der Waals surface area contributed by atoms with Crippen molar-refractivity contribution in [1.29, 1.82) is 0 Å². The molecule has 1 heterocycles. The van der Waals surface area contributed by atoms with Gasteiger partial charge < -0.3 is 10.1 Å². The first-order valence-electron chi connectivity index (χ1n) is 5.92. The Labute approximate surface area is 111 Å². The zero-order chi connectivity index (χ0) is 14.5. The summed E-state index contributed by atoms with van der Waals surface area (Å²) in [5.41, 5.74) is 2.07. The monoisotopic (exact) mass is 266 g/mol. The lowest BCUT2D eigenvalue weighted by molar-refractivity contribution is -0.384. The summed E-state index contributed by atoms with van der Waals surface area (Å²) in [6, 6.07) is 4.99. The van der Waals surface area contributed by atoms with Gasteiger partial charge >= 0.3 is 0 Å². The molecule has 6 heteroatoms. The van der Waals surface area contributed by atoms with Gasteiger partial charge in [0.25, 0.3) is 12.2 Å². The number of rotatable bonds is 2.